The number of ether oxygens (including phenoxy) is 1. The highest BCUT2D eigenvalue weighted by molar-refractivity contribution is 6.34. The molecule has 0 aliphatic heterocycles. The highest BCUT2D eigenvalue weighted by Gasteiger charge is 2.04. The number of hydrogen-bond donors (Lipinski definition) is 0. The lowest BCUT2D eigenvalue weighted by Gasteiger charge is -2.07. The van der Waals surface area contributed by atoms with Crippen molar-refractivity contribution in [2.24, 2.45) is 0 Å². The fourth-order valence-electron chi connectivity index (χ4n) is 1.30. The van der Waals surface area contributed by atoms with Gasteiger partial charge in [0.1, 0.15) is 17.8 Å². The van der Waals surface area contributed by atoms with E-state index >= 15 is 0 Å². The Morgan fingerprint density at radius 2 is 1.71 bits per heavy atom. The molecule has 2 nitrogen and oxygen atoms in total. The Kier molecular flexibility index (Phi) is 3.67. The molecule has 0 radical (unpaired) electrons. The van der Waals surface area contributed by atoms with Crippen LogP contribution in [-0.2, 0) is 0 Å². The Hall–Kier alpha value is -1.51. The molecule has 0 aliphatic rings. The molecule has 0 atom stereocenters. The molecule has 0 N–H and O–H groups in total. The van der Waals surface area contributed by atoms with Crippen LogP contribution in [0.15, 0.2) is 42.5 Å². The van der Waals surface area contributed by atoms with Crippen LogP contribution in [0.5, 0.6) is 11.5 Å². The maximum Gasteiger partial charge on any atom is 0.150 e. The zero-order valence-corrected chi connectivity index (χ0v) is 10.2. The summed E-state index contributed by atoms with van der Waals surface area (Å²) < 4.78 is 5.56. The van der Waals surface area contributed by atoms with Crippen LogP contribution in [0.4, 0.5) is 0 Å². The molecule has 17 heavy (non-hydrogen) atoms. The lowest BCUT2D eigenvalue weighted by atomic mass is 10.2. The second kappa shape index (κ2) is 5.21. The second-order valence-corrected chi connectivity index (χ2v) is 4.21. The van der Waals surface area contributed by atoms with Crippen molar-refractivity contribution in [3.05, 3.63) is 58.1 Å². The Bertz CT molecular complexity index is 536. The molecular weight excluding hydrogens is 259 g/mol. The SMILES string of the molecule is O=Cc1ccc(Oc2cc(Cl)ccc2Cl)cc1. The molecule has 2 aromatic carbocycles. The quantitative estimate of drug-likeness (QED) is 0.760. The number of benzene rings is 2. The van der Waals surface area contributed by atoms with Crippen LogP contribution in [0, 0.1) is 0 Å². The fraction of sp³-hybridized carbons (Fsp3) is 0. The number of carbonyl (C=O) groups excluding carboxylic acids is 1. The van der Waals surface area contributed by atoms with Gasteiger partial charge in [0.2, 0.25) is 0 Å². The predicted molar refractivity (Wildman–Crippen MR) is 68.4 cm³/mol. The normalized spacial score (nSPS) is 10.0. The largest absolute Gasteiger partial charge is 0.456 e. The molecule has 0 saturated carbocycles. The van der Waals surface area contributed by atoms with Gasteiger partial charge in [-0.15, -0.1) is 0 Å². The van der Waals surface area contributed by atoms with Crippen molar-refractivity contribution in [2.45, 2.75) is 0 Å². The first-order valence-corrected chi connectivity index (χ1v) is 5.63. The van der Waals surface area contributed by atoms with Gasteiger partial charge in [-0.25, -0.2) is 0 Å². The Labute approximate surface area is 109 Å². The van der Waals surface area contributed by atoms with Gasteiger partial charge in [-0.2, -0.15) is 0 Å². The van der Waals surface area contributed by atoms with E-state index in [1.54, 1.807) is 42.5 Å². The summed E-state index contributed by atoms with van der Waals surface area (Å²) in [6, 6.07) is 11.7. The van der Waals surface area contributed by atoms with Gasteiger partial charge in [0.05, 0.1) is 5.02 Å². The fourth-order valence-corrected chi connectivity index (χ4v) is 1.62. The third-order valence-electron chi connectivity index (χ3n) is 2.14. The zero-order chi connectivity index (χ0) is 12.3. The maximum absolute atomic E-state index is 10.5. The summed E-state index contributed by atoms with van der Waals surface area (Å²) in [5.74, 6) is 1.08. The molecule has 2 rings (SSSR count). The average molecular weight is 267 g/mol. The molecule has 0 aromatic heterocycles. The summed E-state index contributed by atoms with van der Waals surface area (Å²) in [6.45, 7) is 0. The minimum absolute atomic E-state index is 0.480. The average Bonchev–Trinajstić information content (AvgIpc) is 2.35. The monoisotopic (exact) mass is 266 g/mol. The lowest BCUT2D eigenvalue weighted by Crippen LogP contribution is -1.86. The lowest BCUT2D eigenvalue weighted by molar-refractivity contribution is 0.112. The third kappa shape index (κ3) is 2.99. The van der Waals surface area contributed by atoms with E-state index < -0.39 is 0 Å². The van der Waals surface area contributed by atoms with Gasteiger partial charge in [0.25, 0.3) is 0 Å². The van der Waals surface area contributed by atoms with Gasteiger partial charge in [-0.05, 0) is 36.4 Å². The van der Waals surface area contributed by atoms with Crippen LogP contribution < -0.4 is 4.74 Å². The van der Waals surface area contributed by atoms with Gasteiger partial charge in [0.15, 0.2) is 0 Å². The molecule has 0 spiro atoms. The summed E-state index contributed by atoms with van der Waals surface area (Å²) in [7, 11) is 0. The number of rotatable bonds is 3. The molecule has 0 fully saturated rings. The molecule has 0 unspecified atom stereocenters. The highest BCUT2D eigenvalue weighted by Crippen LogP contribution is 2.31. The number of aldehydes is 1. The number of hydrogen-bond acceptors (Lipinski definition) is 2. The van der Waals surface area contributed by atoms with E-state index in [0.717, 1.165) is 6.29 Å². The van der Waals surface area contributed by atoms with E-state index in [1.807, 2.05) is 0 Å². The molecule has 0 aliphatic carbocycles. The second-order valence-electron chi connectivity index (χ2n) is 3.36. The highest BCUT2D eigenvalue weighted by atomic mass is 35.5. The van der Waals surface area contributed by atoms with Gasteiger partial charge in [-0.1, -0.05) is 23.2 Å². The molecule has 0 bridgehead atoms. The first-order valence-electron chi connectivity index (χ1n) is 4.87. The van der Waals surface area contributed by atoms with E-state index in [2.05, 4.69) is 0 Å². The Morgan fingerprint density at radius 1 is 1.00 bits per heavy atom. The molecule has 86 valence electrons. The topological polar surface area (TPSA) is 26.3 Å². The van der Waals surface area contributed by atoms with Gasteiger partial charge < -0.3 is 4.74 Å². The number of halogens is 2. The van der Waals surface area contributed by atoms with Crippen molar-refractivity contribution in [3.63, 3.8) is 0 Å². The summed E-state index contributed by atoms with van der Waals surface area (Å²) in [4.78, 5) is 10.5. The predicted octanol–water partition coefficient (Wildman–Crippen LogP) is 4.60. The van der Waals surface area contributed by atoms with Gasteiger partial charge >= 0.3 is 0 Å². The molecule has 0 saturated heterocycles. The van der Waals surface area contributed by atoms with Crippen LogP contribution in [-0.4, -0.2) is 6.29 Å². The van der Waals surface area contributed by atoms with Crippen LogP contribution in [0.2, 0.25) is 10.0 Å². The summed E-state index contributed by atoms with van der Waals surface area (Å²) in [6.07, 6.45) is 0.774. The molecule has 2 aromatic rings. The van der Waals surface area contributed by atoms with Crippen LogP contribution in [0.25, 0.3) is 0 Å². The summed E-state index contributed by atoms with van der Waals surface area (Å²) >= 11 is 11.8. The van der Waals surface area contributed by atoms with E-state index in [1.165, 1.54) is 0 Å². The molecular formula is C13H8Cl2O2. The number of carbonyl (C=O) groups is 1. The van der Waals surface area contributed by atoms with E-state index in [0.29, 0.717) is 27.1 Å². The van der Waals surface area contributed by atoms with Crippen LogP contribution in [0.3, 0.4) is 0 Å². The Morgan fingerprint density at radius 3 is 2.35 bits per heavy atom. The standard InChI is InChI=1S/C13H8Cl2O2/c14-10-3-6-12(15)13(7-10)17-11-4-1-9(8-16)2-5-11/h1-8H. The van der Waals surface area contributed by atoms with Crippen molar-refractivity contribution in [3.8, 4) is 11.5 Å². The van der Waals surface area contributed by atoms with E-state index in [4.69, 9.17) is 27.9 Å². The smallest absolute Gasteiger partial charge is 0.150 e. The van der Waals surface area contributed by atoms with Crippen molar-refractivity contribution in [1.29, 1.82) is 0 Å². The van der Waals surface area contributed by atoms with Crippen LogP contribution in [0.1, 0.15) is 10.4 Å². The van der Waals surface area contributed by atoms with Crippen molar-refractivity contribution in [2.75, 3.05) is 0 Å². The van der Waals surface area contributed by atoms with Crippen molar-refractivity contribution in [1.82, 2.24) is 0 Å². The summed E-state index contributed by atoms with van der Waals surface area (Å²) in [5.41, 5.74) is 0.592. The minimum atomic E-state index is 0.480. The molecule has 0 amide bonds. The van der Waals surface area contributed by atoms with Crippen molar-refractivity contribution >= 4 is 29.5 Å². The van der Waals surface area contributed by atoms with Crippen LogP contribution >= 0.6 is 23.2 Å². The third-order valence-corrected chi connectivity index (χ3v) is 2.68. The first-order chi connectivity index (χ1) is 8.19. The first kappa shape index (κ1) is 12.0. The van der Waals surface area contributed by atoms with E-state index in [-0.39, 0.29) is 0 Å². The minimum Gasteiger partial charge on any atom is -0.456 e. The molecule has 4 heteroatoms. The zero-order valence-electron chi connectivity index (χ0n) is 8.69. The van der Waals surface area contributed by atoms with Gasteiger partial charge in [0, 0.05) is 16.7 Å². The van der Waals surface area contributed by atoms with E-state index in [9.17, 15) is 4.79 Å². The maximum atomic E-state index is 10.5. The van der Waals surface area contributed by atoms with Crippen molar-refractivity contribution < 1.29 is 9.53 Å². The summed E-state index contributed by atoms with van der Waals surface area (Å²) in [5, 5.41) is 1.03. The molecule has 0 heterocycles. The Balaban J connectivity index is 2.24. The van der Waals surface area contributed by atoms with Gasteiger partial charge in [-0.3, -0.25) is 4.79 Å².